The molecule has 0 aliphatic carbocycles. The summed E-state index contributed by atoms with van der Waals surface area (Å²) < 4.78 is 0. The highest BCUT2D eigenvalue weighted by atomic mass is 16.2. The number of nitrogens with one attached hydrogen (secondary N) is 1. The van der Waals surface area contributed by atoms with Gasteiger partial charge in [0.1, 0.15) is 0 Å². The van der Waals surface area contributed by atoms with Crippen LogP contribution in [0.3, 0.4) is 0 Å². The lowest BCUT2D eigenvalue weighted by molar-refractivity contribution is 0.196. The number of carbonyl (C=O) groups is 1. The predicted molar refractivity (Wildman–Crippen MR) is 64.1 cm³/mol. The minimum absolute atomic E-state index is 0.0700. The zero-order chi connectivity index (χ0) is 11.7. The van der Waals surface area contributed by atoms with Crippen LogP contribution in [0.2, 0.25) is 0 Å². The van der Waals surface area contributed by atoms with Crippen LogP contribution in [0.5, 0.6) is 0 Å². The Hall–Kier alpha value is -0.770. The molecule has 0 aromatic heterocycles. The van der Waals surface area contributed by atoms with E-state index in [-0.39, 0.29) is 6.03 Å². The van der Waals surface area contributed by atoms with Crippen LogP contribution < -0.4 is 5.32 Å². The molecule has 2 amide bonds. The van der Waals surface area contributed by atoms with E-state index in [1.807, 2.05) is 19.0 Å². The van der Waals surface area contributed by atoms with E-state index in [1.54, 1.807) is 0 Å². The van der Waals surface area contributed by atoms with Gasteiger partial charge in [0, 0.05) is 26.2 Å². The summed E-state index contributed by atoms with van der Waals surface area (Å²) in [5, 5.41) is 2.93. The number of hydrogen-bond acceptors (Lipinski definition) is 2. The molecule has 0 rings (SSSR count). The van der Waals surface area contributed by atoms with E-state index in [4.69, 9.17) is 0 Å². The highest BCUT2D eigenvalue weighted by Gasteiger charge is 2.09. The summed E-state index contributed by atoms with van der Waals surface area (Å²) >= 11 is 0. The third-order valence-electron chi connectivity index (χ3n) is 2.11. The summed E-state index contributed by atoms with van der Waals surface area (Å²) in [6.45, 7) is 7.49. The second kappa shape index (κ2) is 8.53. The Balaban J connectivity index is 3.80. The van der Waals surface area contributed by atoms with Gasteiger partial charge in [-0.3, -0.25) is 0 Å². The van der Waals surface area contributed by atoms with E-state index in [2.05, 4.69) is 24.1 Å². The number of nitrogens with zero attached hydrogens (tertiary/aromatic N) is 2. The lowest BCUT2D eigenvalue weighted by atomic mass is 10.4. The van der Waals surface area contributed by atoms with Crippen LogP contribution in [-0.2, 0) is 0 Å². The predicted octanol–water partition coefficient (Wildman–Crippen LogP) is 1.38. The van der Waals surface area contributed by atoms with Crippen molar-refractivity contribution in [3.63, 3.8) is 0 Å². The number of urea groups is 1. The topological polar surface area (TPSA) is 35.6 Å². The van der Waals surface area contributed by atoms with E-state index in [9.17, 15) is 4.79 Å². The molecule has 0 radical (unpaired) electrons. The summed E-state index contributed by atoms with van der Waals surface area (Å²) in [6.07, 6.45) is 2.03. The zero-order valence-corrected chi connectivity index (χ0v) is 10.5. The van der Waals surface area contributed by atoms with Gasteiger partial charge in [-0.2, -0.15) is 0 Å². The fraction of sp³-hybridized carbons (Fsp3) is 0.909. The number of amides is 2. The third kappa shape index (κ3) is 7.19. The average Bonchev–Trinajstić information content (AvgIpc) is 2.16. The van der Waals surface area contributed by atoms with Gasteiger partial charge in [0.15, 0.2) is 0 Å². The first kappa shape index (κ1) is 14.2. The van der Waals surface area contributed by atoms with Crippen molar-refractivity contribution >= 4 is 6.03 Å². The Bertz CT molecular complexity index is 165. The summed E-state index contributed by atoms with van der Waals surface area (Å²) in [7, 11) is 4.00. The second-order valence-corrected chi connectivity index (χ2v) is 4.02. The molecule has 1 N–H and O–H groups in total. The van der Waals surface area contributed by atoms with Crippen molar-refractivity contribution in [2.24, 2.45) is 0 Å². The molecule has 15 heavy (non-hydrogen) atoms. The molecule has 4 heteroatoms. The van der Waals surface area contributed by atoms with Crippen molar-refractivity contribution in [3.8, 4) is 0 Å². The monoisotopic (exact) mass is 215 g/mol. The maximum absolute atomic E-state index is 11.7. The SMILES string of the molecule is CCCN(CCC)C(=O)NCCN(C)C. The van der Waals surface area contributed by atoms with Gasteiger partial charge in [-0.15, -0.1) is 0 Å². The molecular weight excluding hydrogens is 190 g/mol. The highest BCUT2D eigenvalue weighted by Crippen LogP contribution is 1.94. The maximum Gasteiger partial charge on any atom is 0.317 e. The summed E-state index contributed by atoms with van der Waals surface area (Å²) in [5.41, 5.74) is 0. The molecule has 4 nitrogen and oxygen atoms in total. The smallest absolute Gasteiger partial charge is 0.317 e. The molecule has 0 atom stereocenters. The van der Waals surface area contributed by atoms with Crippen LogP contribution in [-0.4, -0.2) is 56.1 Å². The van der Waals surface area contributed by atoms with Crippen LogP contribution in [0.15, 0.2) is 0 Å². The van der Waals surface area contributed by atoms with Gasteiger partial charge in [-0.25, -0.2) is 4.79 Å². The van der Waals surface area contributed by atoms with Crippen molar-refractivity contribution in [2.75, 3.05) is 40.3 Å². The van der Waals surface area contributed by atoms with Crippen molar-refractivity contribution in [1.82, 2.24) is 15.1 Å². The van der Waals surface area contributed by atoms with Gasteiger partial charge in [0.25, 0.3) is 0 Å². The molecule has 90 valence electrons. The third-order valence-corrected chi connectivity index (χ3v) is 2.11. The average molecular weight is 215 g/mol. The van der Waals surface area contributed by atoms with Crippen LogP contribution in [0.1, 0.15) is 26.7 Å². The van der Waals surface area contributed by atoms with Crippen molar-refractivity contribution < 1.29 is 4.79 Å². The molecule has 0 aliphatic rings. The zero-order valence-electron chi connectivity index (χ0n) is 10.5. The molecule has 0 spiro atoms. The van der Waals surface area contributed by atoms with Gasteiger partial charge < -0.3 is 15.1 Å². The molecule has 0 saturated carbocycles. The quantitative estimate of drug-likeness (QED) is 0.696. The van der Waals surface area contributed by atoms with Crippen molar-refractivity contribution in [1.29, 1.82) is 0 Å². The van der Waals surface area contributed by atoms with Crippen LogP contribution in [0.4, 0.5) is 4.79 Å². The molecule has 0 heterocycles. The Morgan fingerprint density at radius 3 is 2.00 bits per heavy atom. The Labute approximate surface area is 93.6 Å². The lowest BCUT2D eigenvalue weighted by Crippen LogP contribution is -2.43. The molecular formula is C11H25N3O. The van der Waals surface area contributed by atoms with Crippen LogP contribution in [0, 0.1) is 0 Å². The number of hydrogen-bond donors (Lipinski definition) is 1. The first-order chi connectivity index (χ1) is 7.11. The number of carbonyl (C=O) groups excluding carboxylic acids is 1. The molecule has 0 fully saturated rings. The largest absolute Gasteiger partial charge is 0.337 e. The standard InChI is InChI=1S/C11H25N3O/c1-5-8-14(9-6-2)11(15)12-7-10-13(3)4/h5-10H2,1-4H3,(H,12,15). The Morgan fingerprint density at radius 1 is 1.07 bits per heavy atom. The van der Waals surface area contributed by atoms with E-state index >= 15 is 0 Å². The first-order valence-corrected chi connectivity index (χ1v) is 5.79. The molecule has 0 aliphatic heterocycles. The molecule has 0 unspecified atom stereocenters. The fourth-order valence-electron chi connectivity index (χ4n) is 1.35. The second-order valence-electron chi connectivity index (χ2n) is 4.02. The molecule has 0 aromatic carbocycles. The van der Waals surface area contributed by atoms with Gasteiger partial charge in [0.05, 0.1) is 0 Å². The van der Waals surface area contributed by atoms with Gasteiger partial charge in [0.2, 0.25) is 0 Å². The van der Waals surface area contributed by atoms with Crippen molar-refractivity contribution in [3.05, 3.63) is 0 Å². The Kier molecular flexibility index (Phi) is 8.09. The van der Waals surface area contributed by atoms with Gasteiger partial charge in [-0.1, -0.05) is 13.8 Å². The normalized spacial score (nSPS) is 10.5. The summed E-state index contributed by atoms with van der Waals surface area (Å²) in [4.78, 5) is 15.6. The van der Waals surface area contributed by atoms with Gasteiger partial charge >= 0.3 is 6.03 Å². The molecule has 0 saturated heterocycles. The lowest BCUT2D eigenvalue weighted by Gasteiger charge is -2.22. The highest BCUT2D eigenvalue weighted by molar-refractivity contribution is 5.74. The van der Waals surface area contributed by atoms with Crippen LogP contribution in [0.25, 0.3) is 0 Å². The Morgan fingerprint density at radius 2 is 1.60 bits per heavy atom. The van der Waals surface area contributed by atoms with Crippen molar-refractivity contribution in [2.45, 2.75) is 26.7 Å². The minimum Gasteiger partial charge on any atom is -0.337 e. The molecule has 0 bridgehead atoms. The maximum atomic E-state index is 11.7. The fourth-order valence-corrected chi connectivity index (χ4v) is 1.35. The minimum atomic E-state index is 0.0700. The van der Waals surface area contributed by atoms with E-state index in [0.717, 1.165) is 39.0 Å². The van der Waals surface area contributed by atoms with E-state index in [1.165, 1.54) is 0 Å². The van der Waals surface area contributed by atoms with E-state index in [0.29, 0.717) is 0 Å². The van der Waals surface area contributed by atoms with E-state index < -0.39 is 0 Å². The van der Waals surface area contributed by atoms with Gasteiger partial charge in [-0.05, 0) is 26.9 Å². The van der Waals surface area contributed by atoms with Crippen LogP contribution >= 0.6 is 0 Å². The summed E-state index contributed by atoms with van der Waals surface area (Å²) in [6, 6.07) is 0.0700. The summed E-state index contributed by atoms with van der Waals surface area (Å²) in [5.74, 6) is 0. The number of rotatable bonds is 7. The number of likely N-dealkylation sites (N-methyl/N-ethyl adjacent to an activating group) is 1. The first-order valence-electron chi connectivity index (χ1n) is 5.79. The molecule has 0 aromatic rings.